The highest BCUT2D eigenvalue weighted by Crippen LogP contribution is 2.38. The molecule has 1 aliphatic heterocycles. The van der Waals surface area contributed by atoms with E-state index in [1.54, 1.807) is 18.3 Å². The van der Waals surface area contributed by atoms with Crippen LogP contribution in [0.5, 0.6) is 0 Å². The van der Waals surface area contributed by atoms with Crippen molar-refractivity contribution >= 4 is 34.8 Å². The van der Waals surface area contributed by atoms with Gasteiger partial charge in [0.15, 0.2) is 12.2 Å². The number of Topliss-reactive ketones (excluding diaryl/α,β-unsaturated/α-hetero) is 1. The summed E-state index contributed by atoms with van der Waals surface area (Å²) in [5.41, 5.74) is 3.83. The summed E-state index contributed by atoms with van der Waals surface area (Å²) in [4.78, 5) is 50.2. The number of para-hydroxylation sites is 1. The quantitative estimate of drug-likeness (QED) is 0.418. The Morgan fingerprint density at radius 1 is 1.15 bits per heavy atom. The summed E-state index contributed by atoms with van der Waals surface area (Å²) in [5.74, 6) is -0.417. The van der Waals surface area contributed by atoms with E-state index < -0.39 is 5.91 Å². The Morgan fingerprint density at radius 2 is 1.97 bits per heavy atom. The van der Waals surface area contributed by atoms with Gasteiger partial charge in [-0.3, -0.25) is 14.4 Å². The maximum atomic E-state index is 13.3. The summed E-state index contributed by atoms with van der Waals surface area (Å²) in [6.45, 7) is 1.50. The van der Waals surface area contributed by atoms with Gasteiger partial charge in [0.05, 0.1) is 36.2 Å². The maximum absolute atomic E-state index is 13.3. The van der Waals surface area contributed by atoms with Crippen LogP contribution in [0.2, 0.25) is 0 Å². The molecule has 0 bridgehead atoms. The number of pyridine rings is 1. The molecule has 0 radical (unpaired) electrons. The normalized spacial score (nSPS) is 12.9. The third-order valence-corrected chi connectivity index (χ3v) is 5.37. The number of aromatic amines is 1. The Balaban J connectivity index is 1.58. The Morgan fingerprint density at radius 3 is 2.71 bits per heavy atom. The molecule has 0 unspecified atom stereocenters. The van der Waals surface area contributed by atoms with Gasteiger partial charge in [0.1, 0.15) is 5.82 Å². The zero-order chi connectivity index (χ0) is 23.7. The van der Waals surface area contributed by atoms with E-state index >= 15 is 0 Å². The number of nitrogens with one attached hydrogen (secondary N) is 3. The van der Waals surface area contributed by atoms with Gasteiger partial charge in [-0.15, -0.1) is 0 Å². The number of anilines is 3. The molecule has 3 N–H and O–H groups in total. The minimum absolute atomic E-state index is 0.0692. The van der Waals surface area contributed by atoms with Gasteiger partial charge >= 0.3 is 0 Å². The molecular formula is C24H20N6O4. The molecule has 4 heterocycles. The predicted octanol–water partition coefficient (Wildman–Crippen LogP) is 3.61. The summed E-state index contributed by atoms with van der Waals surface area (Å²) >= 11 is 0. The summed E-state index contributed by atoms with van der Waals surface area (Å²) in [6, 6.07) is 13.0. The third-order valence-electron chi connectivity index (χ3n) is 5.37. The number of oxazole rings is 1. The van der Waals surface area contributed by atoms with Gasteiger partial charge in [0.25, 0.3) is 5.91 Å². The van der Waals surface area contributed by atoms with Crippen LogP contribution in [-0.2, 0) is 11.3 Å². The zero-order valence-corrected chi connectivity index (χ0v) is 18.2. The average Bonchev–Trinajstić information content (AvgIpc) is 3.48. The number of carbonyl (C=O) groups excluding carboxylic acids is 3. The number of H-pyrrole nitrogens is 1. The average molecular weight is 456 g/mol. The van der Waals surface area contributed by atoms with Gasteiger partial charge in [-0.25, -0.2) is 9.97 Å². The first-order chi connectivity index (χ1) is 16.5. The van der Waals surface area contributed by atoms with E-state index in [9.17, 15) is 14.4 Å². The molecule has 0 spiro atoms. The fourth-order valence-electron chi connectivity index (χ4n) is 3.94. The van der Waals surface area contributed by atoms with E-state index in [0.29, 0.717) is 34.0 Å². The molecule has 1 aliphatic rings. The number of carbonyl (C=O) groups is 3. The van der Waals surface area contributed by atoms with E-state index in [1.165, 1.54) is 24.4 Å². The van der Waals surface area contributed by atoms with Crippen LogP contribution in [0.25, 0.3) is 11.3 Å². The van der Waals surface area contributed by atoms with Gasteiger partial charge in [-0.1, -0.05) is 18.2 Å². The second-order valence-corrected chi connectivity index (χ2v) is 7.78. The lowest BCUT2D eigenvalue weighted by atomic mass is 10.0. The summed E-state index contributed by atoms with van der Waals surface area (Å²) in [6.07, 6.45) is 4.08. The molecule has 5 rings (SSSR count). The number of nitrogens with zero attached hydrogens (tertiary/aromatic N) is 3. The topological polar surface area (TPSA) is 133 Å². The summed E-state index contributed by atoms with van der Waals surface area (Å²) in [5, 5.41) is 6.02. The first kappa shape index (κ1) is 21.1. The fraction of sp³-hybridized carbons (Fsp3) is 0.125. The van der Waals surface area contributed by atoms with Gasteiger partial charge in [-0.2, -0.15) is 0 Å². The number of rotatable bonds is 5. The lowest BCUT2D eigenvalue weighted by Crippen LogP contribution is -2.39. The van der Waals surface area contributed by atoms with E-state index in [2.05, 4.69) is 25.6 Å². The van der Waals surface area contributed by atoms with Crippen LogP contribution in [0, 0.1) is 0 Å². The van der Waals surface area contributed by atoms with E-state index in [0.717, 1.165) is 5.69 Å². The highest BCUT2D eigenvalue weighted by atomic mass is 16.3. The maximum Gasteiger partial charge on any atom is 0.292 e. The number of benzene rings is 1. The number of hydrogen-bond acceptors (Lipinski definition) is 7. The number of fused-ring (bicyclic) bond motifs is 1. The van der Waals surface area contributed by atoms with Crippen LogP contribution in [0.15, 0.2) is 65.7 Å². The molecule has 10 heteroatoms. The largest absolute Gasteiger partial charge is 0.438 e. The molecule has 0 fully saturated rings. The smallest absolute Gasteiger partial charge is 0.292 e. The highest BCUT2D eigenvalue weighted by molar-refractivity contribution is 6.10. The lowest BCUT2D eigenvalue weighted by molar-refractivity contribution is -0.114. The molecular weight excluding hydrogens is 436 g/mol. The van der Waals surface area contributed by atoms with Crippen molar-refractivity contribution in [3.8, 4) is 11.3 Å². The summed E-state index contributed by atoms with van der Waals surface area (Å²) in [7, 11) is 0. The summed E-state index contributed by atoms with van der Waals surface area (Å²) < 4.78 is 5.12. The van der Waals surface area contributed by atoms with Gasteiger partial charge in [0, 0.05) is 30.1 Å². The van der Waals surface area contributed by atoms with E-state index in [-0.39, 0.29) is 30.5 Å². The number of ketones is 1. The molecule has 4 aromatic rings. The van der Waals surface area contributed by atoms with Crippen molar-refractivity contribution in [1.29, 1.82) is 0 Å². The van der Waals surface area contributed by atoms with Crippen molar-refractivity contribution in [3.05, 3.63) is 78.3 Å². The molecule has 10 nitrogen and oxygen atoms in total. The second kappa shape index (κ2) is 8.66. The Labute approximate surface area is 194 Å². The zero-order valence-electron chi connectivity index (χ0n) is 18.2. The lowest BCUT2D eigenvalue weighted by Gasteiger charge is -2.25. The molecule has 0 saturated carbocycles. The minimum Gasteiger partial charge on any atom is -0.438 e. The van der Waals surface area contributed by atoms with Crippen LogP contribution in [0.4, 0.5) is 17.2 Å². The van der Waals surface area contributed by atoms with E-state index in [1.807, 2.05) is 30.3 Å². The molecule has 170 valence electrons. The van der Waals surface area contributed by atoms with Crippen LogP contribution in [0.3, 0.4) is 0 Å². The van der Waals surface area contributed by atoms with Crippen molar-refractivity contribution in [2.24, 2.45) is 0 Å². The minimum atomic E-state index is -0.415. The van der Waals surface area contributed by atoms with Gasteiger partial charge < -0.3 is 24.9 Å². The molecule has 2 amide bonds. The highest BCUT2D eigenvalue weighted by Gasteiger charge is 2.34. The first-order valence-corrected chi connectivity index (χ1v) is 10.5. The van der Waals surface area contributed by atoms with Crippen molar-refractivity contribution in [3.63, 3.8) is 0 Å². The molecule has 1 aromatic carbocycles. The van der Waals surface area contributed by atoms with Gasteiger partial charge in [-0.05, 0) is 24.3 Å². The Hall–Kier alpha value is -4.73. The predicted molar refractivity (Wildman–Crippen MR) is 124 cm³/mol. The van der Waals surface area contributed by atoms with Crippen molar-refractivity contribution in [2.45, 2.75) is 13.5 Å². The number of amides is 2. The van der Waals surface area contributed by atoms with E-state index in [4.69, 9.17) is 4.42 Å². The number of aromatic nitrogens is 3. The Kier molecular flexibility index (Phi) is 5.38. The molecule has 3 aromatic heterocycles. The fourth-order valence-corrected chi connectivity index (χ4v) is 3.94. The second-order valence-electron chi connectivity index (χ2n) is 7.78. The van der Waals surface area contributed by atoms with Crippen LogP contribution < -0.4 is 10.6 Å². The SMILES string of the molecule is CC(=O)Nc1cc(-c2[nH]c3c(c2Nc2ccccc2)C(=O)CN(C(=O)c2cnco2)C3)ccn1. The van der Waals surface area contributed by atoms with Crippen LogP contribution in [-0.4, -0.2) is 44.0 Å². The number of hydrogen-bond donors (Lipinski definition) is 3. The van der Waals surface area contributed by atoms with Crippen molar-refractivity contribution < 1.29 is 18.8 Å². The van der Waals surface area contributed by atoms with Crippen molar-refractivity contribution in [1.82, 2.24) is 19.9 Å². The third kappa shape index (κ3) is 4.04. The van der Waals surface area contributed by atoms with Crippen LogP contribution >= 0.6 is 0 Å². The van der Waals surface area contributed by atoms with Crippen molar-refractivity contribution in [2.75, 3.05) is 17.2 Å². The molecule has 0 saturated heterocycles. The molecule has 0 aliphatic carbocycles. The molecule has 0 atom stereocenters. The first-order valence-electron chi connectivity index (χ1n) is 10.5. The molecule has 34 heavy (non-hydrogen) atoms. The standard InChI is InChI=1S/C24H20N6O4/c1-14(31)27-20-9-15(7-8-26-20)22-23(28-16-5-3-2-4-6-16)21-17(29-22)11-30(12-18(21)32)24(33)19-10-25-13-34-19/h2-10,13,28-29H,11-12H2,1H3,(H,26,27,31). The monoisotopic (exact) mass is 456 g/mol. The van der Waals surface area contributed by atoms with Gasteiger partial charge in [0.2, 0.25) is 11.7 Å². The van der Waals surface area contributed by atoms with Crippen LogP contribution in [0.1, 0.15) is 33.5 Å². The Bertz CT molecular complexity index is 1380.